The topological polar surface area (TPSA) is 111 Å². The maximum absolute atomic E-state index is 15.2. The van der Waals surface area contributed by atoms with E-state index in [-0.39, 0.29) is 27.1 Å². The second kappa shape index (κ2) is 7.71. The van der Waals surface area contributed by atoms with Crippen molar-refractivity contribution in [2.45, 2.75) is 11.8 Å². The van der Waals surface area contributed by atoms with Crippen molar-refractivity contribution in [2.75, 3.05) is 10.5 Å². The molecule has 0 spiro atoms. The maximum Gasteiger partial charge on any atom is 0.263 e. The monoisotopic (exact) mass is 461 g/mol. The molecular formula is C20H14ClF2N5O2S. The van der Waals surface area contributed by atoms with E-state index in [1.54, 1.807) is 6.07 Å². The number of benzene rings is 2. The predicted molar refractivity (Wildman–Crippen MR) is 114 cm³/mol. The molecule has 0 fully saturated rings. The number of nitrogens with zero attached hydrogens (tertiary/aromatic N) is 3. The maximum atomic E-state index is 15.2. The average Bonchev–Trinajstić information content (AvgIpc) is 2.72. The van der Waals surface area contributed by atoms with Crippen LogP contribution in [0.3, 0.4) is 0 Å². The van der Waals surface area contributed by atoms with E-state index in [4.69, 9.17) is 17.3 Å². The minimum absolute atomic E-state index is 0.0693. The van der Waals surface area contributed by atoms with E-state index in [1.165, 1.54) is 37.5 Å². The first-order valence-electron chi connectivity index (χ1n) is 8.81. The molecule has 4 aromatic rings. The summed E-state index contributed by atoms with van der Waals surface area (Å²) in [6, 6.07) is 7.66. The molecule has 4 rings (SSSR count). The van der Waals surface area contributed by atoms with Crippen LogP contribution in [0.1, 0.15) is 5.69 Å². The van der Waals surface area contributed by atoms with E-state index < -0.39 is 32.9 Å². The number of sulfonamides is 1. The summed E-state index contributed by atoms with van der Waals surface area (Å²) in [5, 5.41) is 0.613. The zero-order chi connectivity index (χ0) is 22.3. The van der Waals surface area contributed by atoms with Crippen LogP contribution in [-0.2, 0) is 10.0 Å². The van der Waals surface area contributed by atoms with Crippen LogP contribution in [0.2, 0.25) is 5.02 Å². The first-order valence-corrected chi connectivity index (χ1v) is 10.7. The Hall–Kier alpha value is -3.37. The zero-order valence-corrected chi connectivity index (χ0v) is 17.5. The van der Waals surface area contributed by atoms with Gasteiger partial charge in [-0.1, -0.05) is 17.7 Å². The molecule has 0 aliphatic rings. The summed E-state index contributed by atoms with van der Waals surface area (Å²) >= 11 is 5.84. The van der Waals surface area contributed by atoms with Gasteiger partial charge in [-0.25, -0.2) is 27.2 Å². The highest BCUT2D eigenvalue weighted by Gasteiger charge is 2.23. The van der Waals surface area contributed by atoms with Crippen LogP contribution in [0.15, 0.2) is 53.7 Å². The molecule has 0 aliphatic heterocycles. The van der Waals surface area contributed by atoms with Gasteiger partial charge in [-0.05, 0) is 42.8 Å². The second-order valence-electron chi connectivity index (χ2n) is 6.63. The van der Waals surface area contributed by atoms with Crippen molar-refractivity contribution in [3.63, 3.8) is 0 Å². The van der Waals surface area contributed by atoms with Crippen molar-refractivity contribution >= 4 is 44.2 Å². The van der Waals surface area contributed by atoms with Crippen LogP contribution in [0.5, 0.6) is 0 Å². The highest BCUT2D eigenvalue weighted by Crippen LogP contribution is 2.33. The van der Waals surface area contributed by atoms with Crippen LogP contribution in [-0.4, -0.2) is 23.4 Å². The van der Waals surface area contributed by atoms with Crippen LogP contribution >= 0.6 is 11.6 Å². The molecule has 0 radical (unpaired) electrons. The number of hydrogen-bond acceptors (Lipinski definition) is 6. The lowest BCUT2D eigenvalue weighted by Crippen LogP contribution is -2.16. The lowest BCUT2D eigenvalue weighted by atomic mass is 10.0. The fourth-order valence-corrected chi connectivity index (χ4v) is 4.56. The molecule has 7 nitrogen and oxygen atoms in total. The highest BCUT2D eigenvalue weighted by molar-refractivity contribution is 7.92. The molecule has 0 saturated carbocycles. The molecule has 0 bridgehead atoms. The average molecular weight is 462 g/mol. The third-order valence-electron chi connectivity index (χ3n) is 4.52. The van der Waals surface area contributed by atoms with Crippen molar-refractivity contribution in [3.8, 4) is 11.1 Å². The lowest BCUT2D eigenvalue weighted by Gasteiger charge is -2.14. The molecule has 0 atom stereocenters. The summed E-state index contributed by atoms with van der Waals surface area (Å²) in [4.78, 5) is 11.6. The smallest absolute Gasteiger partial charge is 0.263 e. The Morgan fingerprint density at radius 1 is 1.06 bits per heavy atom. The van der Waals surface area contributed by atoms with Gasteiger partial charge >= 0.3 is 0 Å². The molecular weight excluding hydrogens is 448 g/mol. The summed E-state index contributed by atoms with van der Waals surface area (Å²) < 4.78 is 57.5. The highest BCUT2D eigenvalue weighted by atomic mass is 35.5. The largest absolute Gasteiger partial charge is 0.368 e. The summed E-state index contributed by atoms with van der Waals surface area (Å²) in [6.07, 6.45) is 2.72. The number of aryl methyl sites for hydroxylation is 1. The van der Waals surface area contributed by atoms with Gasteiger partial charge in [-0.2, -0.15) is 0 Å². The molecule has 0 unspecified atom stereocenters. The third kappa shape index (κ3) is 3.99. The van der Waals surface area contributed by atoms with Crippen molar-refractivity contribution in [2.24, 2.45) is 0 Å². The van der Waals surface area contributed by atoms with Gasteiger partial charge in [0, 0.05) is 17.8 Å². The van der Waals surface area contributed by atoms with Crippen molar-refractivity contribution in [1.29, 1.82) is 0 Å². The van der Waals surface area contributed by atoms with Gasteiger partial charge < -0.3 is 5.73 Å². The molecule has 158 valence electrons. The number of fused-ring (bicyclic) bond motifs is 1. The van der Waals surface area contributed by atoms with Crippen molar-refractivity contribution in [3.05, 3.63) is 71.1 Å². The van der Waals surface area contributed by atoms with Gasteiger partial charge in [0.1, 0.15) is 10.7 Å². The number of aromatic nitrogens is 3. The van der Waals surface area contributed by atoms with E-state index in [9.17, 15) is 12.8 Å². The molecule has 0 saturated heterocycles. The number of nitrogens with two attached hydrogens (primary N) is 1. The summed E-state index contributed by atoms with van der Waals surface area (Å²) in [5.41, 5.74) is 5.57. The van der Waals surface area contributed by atoms with Crippen LogP contribution < -0.4 is 10.5 Å². The first kappa shape index (κ1) is 20.9. The van der Waals surface area contributed by atoms with Crippen molar-refractivity contribution < 1.29 is 17.2 Å². The Labute approximate surface area is 181 Å². The molecule has 2 aromatic heterocycles. The number of pyridine rings is 1. The molecule has 3 N–H and O–H groups in total. The molecule has 2 heterocycles. The van der Waals surface area contributed by atoms with Crippen LogP contribution in [0, 0.1) is 18.6 Å². The zero-order valence-electron chi connectivity index (χ0n) is 15.9. The molecule has 11 heteroatoms. The minimum atomic E-state index is -4.23. The van der Waals surface area contributed by atoms with Gasteiger partial charge in [0.15, 0.2) is 5.82 Å². The standard InChI is InChI=1S/C20H14ClF2N5O2S/c1-10-17(7-13(21)9-25-10)31(29,30)28-16-5-3-14(22)18(19(16)23)11-2-4-15-12(6-11)8-26-20(24)27-15/h2-9,28H,1H3,(H2,24,26,27). The predicted octanol–water partition coefficient (Wildman–Crippen LogP) is 4.31. The van der Waals surface area contributed by atoms with Gasteiger partial charge in [0.05, 0.1) is 27.5 Å². The summed E-state index contributed by atoms with van der Waals surface area (Å²) in [5.74, 6) is -1.87. The number of halogens is 3. The number of nitrogen functional groups attached to an aromatic ring is 1. The number of rotatable bonds is 4. The number of anilines is 2. The van der Waals surface area contributed by atoms with E-state index in [0.29, 0.717) is 10.9 Å². The minimum Gasteiger partial charge on any atom is -0.368 e. The molecule has 2 aromatic carbocycles. The van der Waals surface area contributed by atoms with E-state index >= 15 is 4.39 Å². The van der Waals surface area contributed by atoms with E-state index in [2.05, 4.69) is 19.7 Å². The quantitative estimate of drug-likeness (QED) is 0.468. The van der Waals surface area contributed by atoms with E-state index in [0.717, 1.165) is 12.1 Å². The third-order valence-corrected chi connectivity index (χ3v) is 6.21. The normalized spacial score (nSPS) is 11.6. The molecule has 31 heavy (non-hydrogen) atoms. The Bertz CT molecular complexity index is 1450. The van der Waals surface area contributed by atoms with Gasteiger partial charge in [-0.15, -0.1) is 0 Å². The second-order valence-corrected chi connectivity index (χ2v) is 8.72. The fourth-order valence-electron chi connectivity index (χ4n) is 3.06. The molecule has 0 aliphatic carbocycles. The lowest BCUT2D eigenvalue weighted by molar-refractivity contribution is 0.587. The summed E-state index contributed by atoms with van der Waals surface area (Å²) in [7, 11) is -4.23. The van der Waals surface area contributed by atoms with Crippen LogP contribution in [0.25, 0.3) is 22.0 Å². The van der Waals surface area contributed by atoms with Gasteiger partial charge in [0.2, 0.25) is 5.95 Å². The Morgan fingerprint density at radius 3 is 2.61 bits per heavy atom. The van der Waals surface area contributed by atoms with E-state index in [1.807, 2.05) is 0 Å². The van der Waals surface area contributed by atoms with Crippen molar-refractivity contribution in [1.82, 2.24) is 15.0 Å². The van der Waals surface area contributed by atoms with Crippen LogP contribution in [0.4, 0.5) is 20.4 Å². The van der Waals surface area contributed by atoms with Gasteiger partial charge in [-0.3, -0.25) is 9.71 Å². The Morgan fingerprint density at radius 2 is 1.84 bits per heavy atom. The Balaban J connectivity index is 1.80. The summed E-state index contributed by atoms with van der Waals surface area (Å²) in [6.45, 7) is 1.47. The SMILES string of the molecule is Cc1ncc(Cl)cc1S(=O)(=O)Nc1ccc(F)c(-c2ccc3nc(N)ncc3c2)c1F. The number of nitrogens with one attached hydrogen (secondary N) is 1. The fraction of sp³-hybridized carbons (Fsp3) is 0.0500. The van der Waals surface area contributed by atoms with Gasteiger partial charge in [0.25, 0.3) is 10.0 Å². The number of hydrogen-bond donors (Lipinski definition) is 2. The first-order chi connectivity index (χ1) is 14.7. The Kier molecular flexibility index (Phi) is 5.19. The molecule has 0 amide bonds.